The van der Waals surface area contributed by atoms with Crippen molar-refractivity contribution in [2.75, 3.05) is 0 Å². The van der Waals surface area contributed by atoms with Gasteiger partial charge in [0.05, 0.1) is 5.41 Å². The van der Waals surface area contributed by atoms with Crippen molar-refractivity contribution in [1.29, 1.82) is 0 Å². The van der Waals surface area contributed by atoms with Crippen LogP contribution in [0, 0.1) is 29.1 Å². The topological polar surface area (TPSA) is 74.6 Å². The molecule has 0 aromatic carbocycles. The molecule has 4 heteroatoms. The molecule has 2 unspecified atom stereocenters. The van der Waals surface area contributed by atoms with Gasteiger partial charge in [-0.2, -0.15) is 0 Å². The van der Waals surface area contributed by atoms with Crippen LogP contribution >= 0.6 is 0 Å². The van der Waals surface area contributed by atoms with Crippen molar-refractivity contribution in [2.24, 2.45) is 29.1 Å². The fourth-order valence-corrected chi connectivity index (χ4v) is 6.01. The van der Waals surface area contributed by atoms with Gasteiger partial charge < -0.3 is 10.2 Å². The van der Waals surface area contributed by atoms with Crippen LogP contribution in [0.15, 0.2) is 0 Å². The summed E-state index contributed by atoms with van der Waals surface area (Å²) in [4.78, 5) is 23.8. The molecule has 2 saturated carbocycles. The molecule has 0 radical (unpaired) electrons. The average molecular weight is 367 g/mol. The molecule has 2 aliphatic carbocycles. The smallest absolute Gasteiger partial charge is 0.310 e. The van der Waals surface area contributed by atoms with E-state index in [-0.39, 0.29) is 18.3 Å². The Morgan fingerprint density at radius 2 is 1.27 bits per heavy atom. The Labute approximate surface area is 158 Å². The van der Waals surface area contributed by atoms with E-state index in [4.69, 9.17) is 5.11 Å². The first-order valence-corrected chi connectivity index (χ1v) is 10.8. The van der Waals surface area contributed by atoms with E-state index in [1.54, 1.807) is 0 Å². The predicted octanol–water partition coefficient (Wildman–Crippen LogP) is 5.75. The second-order valence-electron chi connectivity index (χ2n) is 8.97. The minimum atomic E-state index is -0.820. The zero-order valence-corrected chi connectivity index (χ0v) is 16.7. The molecule has 26 heavy (non-hydrogen) atoms. The number of carboxylic acids is 2. The molecule has 2 atom stereocenters. The molecule has 2 rings (SSSR count). The summed E-state index contributed by atoms with van der Waals surface area (Å²) in [6.07, 6.45) is 12.9. The van der Waals surface area contributed by atoms with Crippen LogP contribution in [-0.4, -0.2) is 22.2 Å². The van der Waals surface area contributed by atoms with Gasteiger partial charge in [-0.25, -0.2) is 0 Å². The van der Waals surface area contributed by atoms with Gasteiger partial charge in [0.15, 0.2) is 0 Å². The van der Waals surface area contributed by atoms with E-state index >= 15 is 0 Å². The lowest BCUT2D eigenvalue weighted by atomic mass is 9.55. The van der Waals surface area contributed by atoms with E-state index in [0.717, 1.165) is 25.7 Å². The Hall–Kier alpha value is -1.06. The molecule has 0 bridgehead atoms. The predicted molar refractivity (Wildman–Crippen MR) is 103 cm³/mol. The van der Waals surface area contributed by atoms with Crippen molar-refractivity contribution in [3.63, 3.8) is 0 Å². The van der Waals surface area contributed by atoms with Gasteiger partial charge in [0.2, 0.25) is 0 Å². The minimum absolute atomic E-state index is 0.0732. The molecule has 4 nitrogen and oxygen atoms in total. The number of aliphatic carboxylic acids is 2. The van der Waals surface area contributed by atoms with Gasteiger partial charge in [-0.3, -0.25) is 9.59 Å². The average Bonchev–Trinajstić information content (AvgIpc) is 2.65. The Bertz CT molecular complexity index is 437. The molecule has 0 aromatic heterocycles. The fourth-order valence-electron chi connectivity index (χ4n) is 6.01. The number of hydrogen-bond donors (Lipinski definition) is 2. The van der Waals surface area contributed by atoms with Crippen LogP contribution in [0.1, 0.15) is 97.3 Å². The molecular formula is C22H38O4. The highest BCUT2D eigenvalue weighted by molar-refractivity contribution is 5.76. The molecule has 0 heterocycles. The van der Waals surface area contributed by atoms with Crippen molar-refractivity contribution >= 4 is 11.9 Å². The summed E-state index contributed by atoms with van der Waals surface area (Å²) in [6, 6.07) is 0. The number of rotatable bonds is 9. The van der Waals surface area contributed by atoms with Gasteiger partial charge in [-0.05, 0) is 36.5 Å². The SMILES string of the molecule is CC(C1CCCCC1)C(CCCC(=O)O)(C(=O)O)C(C)C1CCCCC1. The van der Waals surface area contributed by atoms with Gasteiger partial charge in [0.1, 0.15) is 0 Å². The standard InChI is InChI=1S/C22H38O4/c1-16(18-10-5-3-6-11-18)22(21(25)26,15-9-14-20(23)24)17(2)19-12-7-4-8-13-19/h16-19H,3-15H2,1-2H3,(H,23,24)(H,25,26). The summed E-state index contributed by atoms with van der Waals surface area (Å²) in [6.45, 7) is 4.31. The molecule has 0 aromatic rings. The first-order valence-electron chi connectivity index (χ1n) is 10.8. The Morgan fingerprint density at radius 3 is 1.62 bits per heavy atom. The van der Waals surface area contributed by atoms with E-state index in [9.17, 15) is 14.7 Å². The number of carboxylic acid groups (broad SMARTS) is 2. The maximum Gasteiger partial charge on any atom is 0.310 e. The van der Waals surface area contributed by atoms with Gasteiger partial charge >= 0.3 is 11.9 Å². The van der Waals surface area contributed by atoms with Crippen LogP contribution in [0.2, 0.25) is 0 Å². The zero-order chi connectivity index (χ0) is 19.2. The molecule has 0 spiro atoms. The molecule has 0 amide bonds. The third-order valence-corrected chi connectivity index (χ3v) is 7.72. The lowest BCUT2D eigenvalue weighted by molar-refractivity contribution is -0.163. The van der Waals surface area contributed by atoms with Gasteiger partial charge in [0, 0.05) is 6.42 Å². The van der Waals surface area contributed by atoms with Crippen LogP contribution < -0.4 is 0 Å². The van der Waals surface area contributed by atoms with Crippen LogP contribution in [0.4, 0.5) is 0 Å². The Kier molecular flexibility index (Phi) is 7.97. The van der Waals surface area contributed by atoms with Crippen LogP contribution in [-0.2, 0) is 9.59 Å². The van der Waals surface area contributed by atoms with E-state index in [2.05, 4.69) is 13.8 Å². The van der Waals surface area contributed by atoms with E-state index in [1.165, 1.54) is 38.5 Å². The highest BCUT2D eigenvalue weighted by atomic mass is 16.4. The fraction of sp³-hybridized carbons (Fsp3) is 0.909. The highest BCUT2D eigenvalue weighted by Gasteiger charge is 2.52. The first kappa shape index (κ1) is 21.2. The number of carbonyl (C=O) groups is 2. The van der Waals surface area contributed by atoms with Crippen molar-refractivity contribution in [2.45, 2.75) is 97.3 Å². The third-order valence-electron chi connectivity index (χ3n) is 7.72. The zero-order valence-electron chi connectivity index (χ0n) is 16.7. The highest BCUT2D eigenvalue weighted by Crippen LogP contribution is 2.52. The Balaban J connectivity index is 2.28. The third kappa shape index (κ3) is 4.80. The summed E-state index contributed by atoms with van der Waals surface area (Å²) in [5.74, 6) is -0.331. The quantitative estimate of drug-likeness (QED) is 0.545. The lowest BCUT2D eigenvalue weighted by Gasteiger charge is -2.48. The van der Waals surface area contributed by atoms with E-state index in [0.29, 0.717) is 24.7 Å². The lowest BCUT2D eigenvalue weighted by Crippen LogP contribution is -2.49. The summed E-state index contributed by atoms with van der Waals surface area (Å²) in [7, 11) is 0. The maximum atomic E-state index is 12.7. The van der Waals surface area contributed by atoms with Gasteiger partial charge in [-0.1, -0.05) is 78.1 Å². The monoisotopic (exact) mass is 366 g/mol. The normalized spacial score (nSPS) is 24.5. The molecule has 2 aliphatic rings. The minimum Gasteiger partial charge on any atom is -0.481 e. The molecule has 150 valence electrons. The largest absolute Gasteiger partial charge is 0.481 e. The molecule has 2 fully saturated rings. The number of hydrogen-bond acceptors (Lipinski definition) is 2. The summed E-state index contributed by atoms with van der Waals surface area (Å²) in [5.41, 5.74) is -0.778. The van der Waals surface area contributed by atoms with Crippen molar-refractivity contribution < 1.29 is 19.8 Å². The summed E-state index contributed by atoms with van der Waals surface area (Å²) in [5, 5.41) is 19.5. The van der Waals surface area contributed by atoms with E-state index < -0.39 is 17.4 Å². The van der Waals surface area contributed by atoms with Crippen molar-refractivity contribution in [3.8, 4) is 0 Å². The van der Waals surface area contributed by atoms with Crippen LogP contribution in [0.5, 0.6) is 0 Å². The molecule has 0 saturated heterocycles. The summed E-state index contributed by atoms with van der Waals surface area (Å²) >= 11 is 0. The maximum absolute atomic E-state index is 12.7. The second-order valence-corrected chi connectivity index (χ2v) is 8.97. The summed E-state index contributed by atoms with van der Waals surface area (Å²) < 4.78 is 0. The van der Waals surface area contributed by atoms with Gasteiger partial charge in [-0.15, -0.1) is 0 Å². The van der Waals surface area contributed by atoms with E-state index in [1.807, 2.05) is 0 Å². The molecule has 0 aliphatic heterocycles. The first-order chi connectivity index (χ1) is 12.4. The molecule has 2 N–H and O–H groups in total. The van der Waals surface area contributed by atoms with Crippen molar-refractivity contribution in [1.82, 2.24) is 0 Å². The Morgan fingerprint density at radius 1 is 0.846 bits per heavy atom. The van der Waals surface area contributed by atoms with Crippen molar-refractivity contribution in [3.05, 3.63) is 0 Å². The molecular weight excluding hydrogens is 328 g/mol. The second kappa shape index (κ2) is 9.75. The van der Waals surface area contributed by atoms with Gasteiger partial charge in [0.25, 0.3) is 0 Å². The van der Waals surface area contributed by atoms with Crippen LogP contribution in [0.3, 0.4) is 0 Å². The van der Waals surface area contributed by atoms with Crippen LogP contribution in [0.25, 0.3) is 0 Å².